The summed E-state index contributed by atoms with van der Waals surface area (Å²) in [4.78, 5) is 28.1. The summed E-state index contributed by atoms with van der Waals surface area (Å²) in [6.45, 7) is 4.15. The number of hydrogen-bond acceptors (Lipinski definition) is 4. The van der Waals surface area contributed by atoms with E-state index in [1.54, 1.807) is 18.2 Å². The van der Waals surface area contributed by atoms with E-state index in [4.69, 9.17) is 16.3 Å². The van der Waals surface area contributed by atoms with E-state index in [-0.39, 0.29) is 18.1 Å². The Balaban J connectivity index is 1.77. The van der Waals surface area contributed by atoms with Gasteiger partial charge < -0.3 is 10.1 Å². The molecule has 3 aromatic rings. The SMILES string of the molecule is COc1ccc(Cl)cc1NC1=C(c2ccc(C)cc2)C(=O)N(Cc2ccc(C)cc2)C1=O. The van der Waals surface area contributed by atoms with E-state index in [2.05, 4.69) is 5.32 Å². The minimum absolute atomic E-state index is 0.186. The van der Waals surface area contributed by atoms with Crippen LogP contribution in [0.25, 0.3) is 5.57 Å². The van der Waals surface area contributed by atoms with Gasteiger partial charge in [0.25, 0.3) is 11.8 Å². The molecule has 0 atom stereocenters. The van der Waals surface area contributed by atoms with Gasteiger partial charge in [-0.05, 0) is 43.2 Å². The van der Waals surface area contributed by atoms with Crippen molar-refractivity contribution in [1.29, 1.82) is 0 Å². The molecule has 1 aliphatic heterocycles. The van der Waals surface area contributed by atoms with Crippen LogP contribution in [-0.2, 0) is 16.1 Å². The van der Waals surface area contributed by atoms with E-state index in [0.29, 0.717) is 27.6 Å². The van der Waals surface area contributed by atoms with E-state index in [9.17, 15) is 9.59 Å². The number of methoxy groups -OCH3 is 1. The molecule has 3 aromatic carbocycles. The molecule has 6 heteroatoms. The molecule has 162 valence electrons. The molecule has 0 radical (unpaired) electrons. The minimum Gasteiger partial charge on any atom is -0.495 e. The van der Waals surface area contributed by atoms with Crippen molar-refractivity contribution in [2.24, 2.45) is 0 Å². The van der Waals surface area contributed by atoms with Crippen molar-refractivity contribution < 1.29 is 14.3 Å². The lowest BCUT2D eigenvalue weighted by molar-refractivity contribution is -0.137. The predicted molar refractivity (Wildman–Crippen MR) is 126 cm³/mol. The van der Waals surface area contributed by atoms with Gasteiger partial charge in [-0.15, -0.1) is 0 Å². The van der Waals surface area contributed by atoms with Gasteiger partial charge >= 0.3 is 0 Å². The zero-order valence-corrected chi connectivity index (χ0v) is 18.9. The fraction of sp³-hybridized carbons (Fsp3) is 0.154. The number of hydrogen-bond donors (Lipinski definition) is 1. The number of carbonyl (C=O) groups is 2. The van der Waals surface area contributed by atoms with E-state index in [0.717, 1.165) is 16.7 Å². The van der Waals surface area contributed by atoms with Gasteiger partial charge in [0.1, 0.15) is 11.4 Å². The van der Waals surface area contributed by atoms with E-state index >= 15 is 0 Å². The summed E-state index contributed by atoms with van der Waals surface area (Å²) < 4.78 is 5.41. The largest absolute Gasteiger partial charge is 0.495 e. The molecular weight excluding hydrogens is 424 g/mol. The van der Waals surface area contributed by atoms with Gasteiger partial charge in [0.05, 0.1) is 24.9 Å². The number of anilines is 1. The third-order valence-electron chi connectivity index (χ3n) is 5.39. The molecule has 1 aliphatic rings. The van der Waals surface area contributed by atoms with Gasteiger partial charge in [0, 0.05) is 5.02 Å². The molecule has 4 rings (SSSR count). The highest BCUT2D eigenvalue weighted by Crippen LogP contribution is 2.35. The van der Waals surface area contributed by atoms with Gasteiger partial charge in [-0.25, -0.2) is 0 Å². The minimum atomic E-state index is -0.395. The summed E-state index contributed by atoms with van der Waals surface area (Å²) in [5.41, 5.74) is 4.76. The number of aryl methyl sites for hydroxylation is 2. The number of ether oxygens (including phenoxy) is 1. The predicted octanol–water partition coefficient (Wildman–Crippen LogP) is 5.36. The van der Waals surface area contributed by atoms with Gasteiger partial charge in [0.15, 0.2) is 0 Å². The number of nitrogens with zero attached hydrogens (tertiary/aromatic N) is 1. The molecule has 0 unspecified atom stereocenters. The summed E-state index contributed by atoms with van der Waals surface area (Å²) in [5, 5.41) is 3.61. The van der Waals surface area contributed by atoms with Crippen molar-refractivity contribution in [3.8, 4) is 5.75 Å². The third kappa shape index (κ3) is 4.25. The highest BCUT2D eigenvalue weighted by Gasteiger charge is 2.39. The number of nitrogens with one attached hydrogen (secondary N) is 1. The Labute approximate surface area is 192 Å². The molecule has 0 saturated carbocycles. The van der Waals surface area contributed by atoms with Crippen molar-refractivity contribution in [2.45, 2.75) is 20.4 Å². The molecule has 2 amide bonds. The zero-order chi connectivity index (χ0) is 22.8. The lowest BCUT2D eigenvalue weighted by atomic mass is 10.0. The van der Waals surface area contributed by atoms with Crippen LogP contribution in [0.1, 0.15) is 22.3 Å². The van der Waals surface area contributed by atoms with Crippen LogP contribution in [-0.4, -0.2) is 23.8 Å². The second kappa shape index (κ2) is 8.89. The Morgan fingerprint density at radius 3 is 2.12 bits per heavy atom. The monoisotopic (exact) mass is 446 g/mol. The summed E-state index contributed by atoms with van der Waals surface area (Å²) in [7, 11) is 1.54. The van der Waals surface area contributed by atoms with E-state index in [1.807, 2.05) is 62.4 Å². The van der Waals surface area contributed by atoms with Crippen LogP contribution < -0.4 is 10.1 Å². The van der Waals surface area contributed by atoms with Crippen LogP contribution in [0.3, 0.4) is 0 Å². The molecule has 1 N–H and O–H groups in total. The van der Waals surface area contributed by atoms with Gasteiger partial charge in [0.2, 0.25) is 0 Å². The fourth-order valence-corrected chi connectivity index (χ4v) is 3.78. The zero-order valence-electron chi connectivity index (χ0n) is 18.1. The maximum absolute atomic E-state index is 13.4. The smallest absolute Gasteiger partial charge is 0.278 e. The Hall–Kier alpha value is -3.57. The second-order valence-electron chi connectivity index (χ2n) is 7.77. The molecule has 0 saturated heterocycles. The van der Waals surface area contributed by atoms with Gasteiger partial charge in [-0.3, -0.25) is 14.5 Å². The topological polar surface area (TPSA) is 58.6 Å². The van der Waals surface area contributed by atoms with Crippen LogP contribution in [0, 0.1) is 13.8 Å². The highest BCUT2D eigenvalue weighted by molar-refractivity contribution is 6.36. The van der Waals surface area contributed by atoms with Crippen molar-refractivity contribution >= 4 is 34.7 Å². The Bertz CT molecular complexity index is 1210. The average Bonchev–Trinajstić information content (AvgIpc) is 3.00. The first-order valence-electron chi connectivity index (χ1n) is 10.2. The van der Waals surface area contributed by atoms with Crippen LogP contribution in [0.4, 0.5) is 5.69 Å². The molecule has 0 aliphatic carbocycles. The fourth-order valence-electron chi connectivity index (χ4n) is 3.61. The molecule has 0 spiro atoms. The normalized spacial score (nSPS) is 13.7. The van der Waals surface area contributed by atoms with E-state index < -0.39 is 5.91 Å². The summed E-state index contributed by atoms with van der Waals surface area (Å²) in [6.07, 6.45) is 0. The molecule has 32 heavy (non-hydrogen) atoms. The van der Waals surface area contributed by atoms with Gasteiger partial charge in [-0.2, -0.15) is 0 Å². The van der Waals surface area contributed by atoms with Crippen LogP contribution >= 0.6 is 11.6 Å². The molecule has 0 bridgehead atoms. The summed E-state index contributed by atoms with van der Waals surface area (Å²) in [6, 6.07) is 20.4. The van der Waals surface area contributed by atoms with Crippen LogP contribution in [0.15, 0.2) is 72.4 Å². The van der Waals surface area contributed by atoms with Crippen LogP contribution in [0.5, 0.6) is 5.75 Å². The molecule has 0 fully saturated rings. The number of halogens is 1. The van der Waals surface area contributed by atoms with Crippen molar-refractivity contribution in [2.75, 3.05) is 12.4 Å². The number of rotatable bonds is 6. The molecule has 1 heterocycles. The number of imide groups is 1. The lowest BCUT2D eigenvalue weighted by Gasteiger charge is -2.16. The molecule has 5 nitrogen and oxygen atoms in total. The standard InChI is InChI=1S/C26H23ClN2O3/c1-16-4-8-18(9-5-16)15-29-25(30)23(19-10-6-17(2)7-11-19)24(26(29)31)28-21-14-20(27)12-13-22(21)32-3/h4-14,28H,15H2,1-3H3. The first-order chi connectivity index (χ1) is 15.4. The van der Waals surface area contributed by atoms with Crippen molar-refractivity contribution in [3.63, 3.8) is 0 Å². The number of carbonyl (C=O) groups excluding carboxylic acids is 2. The maximum atomic E-state index is 13.4. The van der Waals surface area contributed by atoms with Crippen molar-refractivity contribution in [1.82, 2.24) is 4.90 Å². The Morgan fingerprint density at radius 2 is 1.50 bits per heavy atom. The Morgan fingerprint density at radius 1 is 0.875 bits per heavy atom. The average molecular weight is 447 g/mol. The molecule has 0 aromatic heterocycles. The summed E-state index contributed by atoms with van der Waals surface area (Å²) in [5.74, 6) is -0.224. The maximum Gasteiger partial charge on any atom is 0.278 e. The van der Waals surface area contributed by atoms with E-state index in [1.165, 1.54) is 12.0 Å². The highest BCUT2D eigenvalue weighted by atomic mass is 35.5. The second-order valence-corrected chi connectivity index (χ2v) is 8.20. The van der Waals surface area contributed by atoms with Gasteiger partial charge in [-0.1, -0.05) is 71.3 Å². The first-order valence-corrected chi connectivity index (χ1v) is 10.6. The first kappa shape index (κ1) is 21.7. The number of amides is 2. The lowest BCUT2D eigenvalue weighted by Crippen LogP contribution is -2.32. The van der Waals surface area contributed by atoms with Crippen LogP contribution in [0.2, 0.25) is 5.02 Å². The van der Waals surface area contributed by atoms with Crippen molar-refractivity contribution in [3.05, 3.63) is 99.7 Å². The number of benzene rings is 3. The third-order valence-corrected chi connectivity index (χ3v) is 5.63. The summed E-state index contributed by atoms with van der Waals surface area (Å²) >= 11 is 6.17. The quantitative estimate of drug-likeness (QED) is 0.518. The molecular formula is C26H23ClN2O3. The Kier molecular flexibility index (Phi) is 6.01.